The van der Waals surface area contributed by atoms with Crippen molar-refractivity contribution in [2.24, 2.45) is 0 Å². The van der Waals surface area contributed by atoms with Crippen LogP contribution in [0.25, 0.3) is 0 Å². The van der Waals surface area contributed by atoms with Crippen molar-refractivity contribution in [3.05, 3.63) is 24.2 Å². The SMILES string of the molecule is O=C([O-])CS.O=Cc1ccco1.O=S(O)S(=O)(=O)O.O=S([O-])[O-].OCC(O)C(O)C(O)C(O)CO.[Na+].[Na+].[Na+]. The van der Waals surface area contributed by atoms with Crippen LogP contribution in [0.15, 0.2) is 22.8 Å². The molecular formula is C13H23Na3O18S4. The van der Waals surface area contributed by atoms with Crippen LogP contribution in [0.1, 0.15) is 10.6 Å². The first-order valence-electron chi connectivity index (χ1n) is 8.01. The molecular weight excluding hydrogens is 641 g/mol. The average Bonchev–Trinajstić information content (AvgIpc) is 3.31. The fraction of sp³-hybridized carbons (Fsp3) is 0.538. The van der Waals surface area contributed by atoms with Gasteiger partial charge in [0.15, 0.2) is 12.0 Å². The predicted octanol–water partition coefficient (Wildman–Crippen LogP) is -14.8. The number of aliphatic hydroxyl groups is 6. The number of carboxylic acid groups (broad SMARTS) is 1. The van der Waals surface area contributed by atoms with Gasteiger partial charge in [-0.3, -0.25) is 18.1 Å². The summed E-state index contributed by atoms with van der Waals surface area (Å²) < 4.78 is 73.0. The summed E-state index contributed by atoms with van der Waals surface area (Å²) in [5, 5.41) is 61.4. The molecule has 1 rings (SSSR count). The van der Waals surface area contributed by atoms with E-state index < -0.39 is 74.2 Å². The molecule has 0 saturated carbocycles. The number of aliphatic hydroxyl groups excluding tert-OH is 6. The summed E-state index contributed by atoms with van der Waals surface area (Å²) in [6, 6.07) is 3.27. The van der Waals surface area contributed by atoms with Crippen molar-refractivity contribution in [2.45, 2.75) is 24.4 Å². The summed E-state index contributed by atoms with van der Waals surface area (Å²) in [4.78, 5) is 19.0. The Kier molecular flexibility index (Phi) is 50.9. The second-order valence-corrected chi connectivity index (χ2v) is 9.13. The van der Waals surface area contributed by atoms with E-state index in [1.165, 1.54) is 6.26 Å². The molecule has 0 aliphatic rings. The molecule has 210 valence electrons. The van der Waals surface area contributed by atoms with E-state index in [0.29, 0.717) is 12.0 Å². The van der Waals surface area contributed by atoms with E-state index >= 15 is 0 Å². The Hall–Kier alpha value is 1.62. The van der Waals surface area contributed by atoms with E-state index in [4.69, 9.17) is 53.1 Å². The number of carbonyl (C=O) groups is 2. The van der Waals surface area contributed by atoms with Crippen LogP contribution in [-0.4, -0.2) is 121 Å². The van der Waals surface area contributed by atoms with E-state index in [-0.39, 0.29) is 94.4 Å². The number of hydrogen-bond donors (Lipinski definition) is 9. The van der Waals surface area contributed by atoms with Crippen molar-refractivity contribution in [3.8, 4) is 0 Å². The van der Waals surface area contributed by atoms with E-state index in [1.54, 1.807) is 12.1 Å². The number of carbonyl (C=O) groups excluding carboxylic acids is 2. The molecule has 0 aliphatic carbocycles. The van der Waals surface area contributed by atoms with Crippen LogP contribution < -0.4 is 93.8 Å². The first-order valence-corrected chi connectivity index (χ1v) is 12.7. The Labute approximate surface area is 293 Å². The minimum absolute atomic E-state index is 0. The molecule has 5 atom stereocenters. The molecule has 1 aromatic heterocycles. The second-order valence-electron chi connectivity index (χ2n) is 4.99. The summed E-state index contributed by atoms with van der Waals surface area (Å²) in [5.41, 5.74) is 0. The van der Waals surface area contributed by atoms with Gasteiger partial charge in [0.25, 0.3) is 0 Å². The summed E-state index contributed by atoms with van der Waals surface area (Å²) in [7, 11) is -7.87. The van der Waals surface area contributed by atoms with Gasteiger partial charge in [0.2, 0.25) is 0 Å². The molecule has 1 heterocycles. The normalized spacial score (nSPS) is 13.3. The maximum atomic E-state index is 9.77. The van der Waals surface area contributed by atoms with Crippen LogP contribution in [0.4, 0.5) is 0 Å². The maximum absolute atomic E-state index is 9.77. The zero-order valence-corrected chi connectivity index (χ0v) is 29.4. The molecule has 5 unspecified atom stereocenters. The Morgan fingerprint density at radius 3 is 1.42 bits per heavy atom. The van der Waals surface area contributed by atoms with Gasteiger partial charge >= 0.3 is 108 Å². The standard InChI is InChI=1S/C6H14O6.C5H4O2.C2H4O2S.3Na.H2O5S2.H2O3S/c7-1-3(9)5(11)6(12)4(10)2-8;6-4-5-2-1-3-7-5;3-2(4)1-5;;;;1-6(2)7(3,4)5;1-4(2)3/h3-12H,1-2H2;1-4H;5H,1H2,(H,3,4);;;;(H,1,2)(H,3,4,5);(H2,1,2,3)/q;;;3*+1;;/p-3. The van der Waals surface area contributed by atoms with Gasteiger partial charge in [-0.1, -0.05) is 0 Å². The average molecular weight is 665 g/mol. The van der Waals surface area contributed by atoms with Crippen molar-refractivity contribution < 1.29 is 173 Å². The molecule has 0 radical (unpaired) electrons. The third-order valence-corrected chi connectivity index (χ3v) is 4.18. The number of carboxylic acids is 1. The Morgan fingerprint density at radius 2 is 1.32 bits per heavy atom. The molecule has 8 N–H and O–H groups in total. The van der Waals surface area contributed by atoms with Gasteiger partial charge in [-0.2, -0.15) is 21.0 Å². The van der Waals surface area contributed by atoms with Gasteiger partial charge in [0, 0.05) is 5.75 Å². The molecule has 0 aliphatic heterocycles. The predicted molar refractivity (Wildman–Crippen MR) is 113 cm³/mol. The van der Waals surface area contributed by atoms with Crippen molar-refractivity contribution in [3.63, 3.8) is 0 Å². The number of furan rings is 1. The van der Waals surface area contributed by atoms with Gasteiger partial charge in [0.1, 0.15) is 24.4 Å². The minimum atomic E-state index is -4.71. The zero-order valence-electron chi connectivity index (χ0n) is 20.1. The summed E-state index contributed by atoms with van der Waals surface area (Å²) in [6.07, 6.45) is -4.26. The molecule has 1 aromatic rings. The zero-order chi connectivity index (χ0) is 28.8. The molecule has 0 bridgehead atoms. The molecule has 0 amide bonds. The van der Waals surface area contributed by atoms with Crippen LogP contribution in [0.3, 0.4) is 0 Å². The Morgan fingerprint density at radius 1 is 1.03 bits per heavy atom. The topological polar surface area (TPSA) is 347 Å². The fourth-order valence-electron chi connectivity index (χ4n) is 1.03. The first-order chi connectivity index (χ1) is 15.9. The van der Waals surface area contributed by atoms with Crippen molar-refractivity contribution in [2.75, 3.05) is 19.0 Å². The van der Waals surface area contributed by atoms with Crippen LogP contribution >= 0.6 is 12.6 Å². The van der Waals surface area contributed by atoms with Gasteiger partial charge in [-0.25, -0.2) is 4.21 Å². The number of aliphatic carboxylic acids is 1. The monoisotopic (exact) mass is 664 g/mol. The van der Waals surface area contributed by atoms with E-state index in [1.807, 2.05) is 0 Å². The number of aldehydes is 1. The summed E-state index contributed by atoms with van der Waals surface area (Å²) in [5.74, 6) is -0.951. The third kappa shape index (κ3) is 42.1. The van der Waals surface area contributed by atoms with Crippen LogP contribution in [0.2, 0.25) is 0 Å². The molecule has 0 saturated heterocycles. The van der Waals surface area contributed by atoms with Crippen LogP contribution in [0, 0.1) is 0 Å². The minimum Gasteiger partial charge on any atom is -0.784 e. The smallest absolute Gasteiger partial charge is 0.784 e. The molecule has 38 heavy (non-hydrogen) atoms. The van der Waals surface area contributed by atoms with Crippen LogP contribution in [-0.2, 0) is 35.4 Å². The summed E-state index contributed by atoms with van der Waals surface area (Å²) in [6.45, 7) is -1.45. The van der Waals surface area contributed by atoms with Crippen molar-refractivity contribution >= 4 is 55.5 Å². The quantitative estimate of drug-likeness (QED) is 0.0311. The van der Waals surface area contributed by atoms with E-state index in [0.717, 1.165) is 0 Å². The van der Waals surface area contributed by atoms with Crippen molar-refractivity contribution in [1.82, 2.24) is 0 Å². The molecule has 0 aromatic carbocycles. The largest absolute Gasteiger partial charge is 1.00 e. The first kappa shape index (κ1) is 55.5. The third-order valence-electron chi connectivity index (χ3n) is 2.48. The van der Waals surface area contributed by atoms with Gasteiger partial charge in [-0.15, -0.1) is 11.4 Å². The van der Waals surface area contributed by atoms with Gasteiger partial charge in [-0.05, 0) is 12.1 Å². The second kappa shape index (κ2) is 34.8. The molecule has 0 fully saturated rings. The van der Waals surface area contributed by atoms with Crippen LogP contribution in [0.5, 0.6) is 0 Å². The van der Waals surface area contributed by atoms with Gasteiger partial charge < -0.3 is 54.1 Å². The fourth-order valence-corrected chi connectivity index (χ4v) is 1.03. The molecule has 18 nitrogen and oxygen atoms in total. The number of rotatable bonds is 8. The Balaban J connectivity index is -0.0000000652. The maximum Gasteiger partial charge on any atom is 1.00 e. The van der Waals surface area contributed by atoms with Gasteiger partial charge in [0.05, 0.1) is 25.4 Å². The number of thiol groups is 1. The molecule has 25 heteroatoms. The summed E-state index contributed by atoms with van der Waals surface area (Å²) >= 11 is 0.242. The van der Waals surface area contributed by atoms with E-state index in [2.05, 4.69) is 17.0 Å². The molecule has 0 spiro atoms. The van der Waals surface area contributed by atoms with Crippen molar-refractivity contribution in [1.29, 1.82) is 0 Å². The number of hydrogen-bond acceptors (Lipinski definition) is 17. The van der Waals surface area contributed by atoms with E-state index in [9.17, 15) is 27.3 Å². The Bertz CT molecular complexity index is 794.